The molecule has 0 aromatic carbocycles. The zero-order valence-electron chi connectivity index (χ0n) is 4.19. The van der Waals surface area contributed by atoms with Crippen LogP contribution in [0.4, 0.5) is 0 Å². The molecule has 0 radical (unpaired) electrons. The average molecular weight is 118 g/mol. The van der Waals surface area contributed by atoms with Crippen molar-refractivity contribution in [3.8, 4) is 0 Å². The van der Waals surface area contributed by atoms with Crippen LogP contribution in [-0.2, 0) is 0 Å². The second-order valence-electron chi connectivity index (χ2n) is 0.885. The standard InChI is InChI=1S/C4H5N.CH3Cl/c1-2-4-5-3-1;1-2/h1-5H;1H3. The average Bonchev–Trinajstić information content (AvgIpc) is 2.23. The van der Waals surface area contributed by atoms with Crippen molar-refractivity contribution in [1.29, 1.82) is 0 Å². The highest BCUT2D eigenvalue weighted by molar-refractivity contribution is 6.15. The number of rotatable bonds is 0. The minimum absolute atomic E-state index is 1.47. The monoisotopic (exact) mass is 117 g/mol. The van der Waals surface area contributed by atoms with Gasteiger partial charge in [-0.25, -0.2) is 0 Å². The Morgan fingerprint density at radius 3 is 1.71 bits per heavy atom. The van der Waals surface area contributed by atoms with E-state index in [4.69, 9.17) is 0 Å². The third-order valence-corrected chi connectivity index (χ3v) is 0.496. The van der Waals surface area contributed by atoms with Crippen LogP contribution in [0.3, 0.4) is 0 Å². The molecule has 1 N–H and O–H groups in total. The molecule has 1 heterocycles. The van der Waals surface area contributed by atoms with Gasteiger partial charge in [0.15, 0.2) is 0 Å². The van der Waals surface area contributed by atoms with E-state index in [1.807, 2.05) is 24.5 Å². The predicted molar refractivity (Wildman–Crippen MR) is 32.6 cm³/mol. The molecule has 2 heteroatoms. The lowest BCUT2D eigenvalue weighted by atomic mass is 10.7. The van der Waals surface area contributed by atoms with Crippen LogP contribution in [0.2, 0.25) is 0 Å². The highest BCUT2D eigenvalue weighted by Crippen LogP contribution is 1.72. The van der Waals surface area contributed by atoms with E-state index in [1.165, 1.54) is 6.38 Å². The van der Waals surface area contributed by atoms with Gasteiger partial charge in [-0.1, -0.05) is 0 Å². The number of aromatic amines is 1. The Morgan fingerprint density at radius 2 is 1.57 bits per heavy atom. The summed E-state index contributed by atoms with van der Waals surface area (Å²) in [5, 5.41) is 0. The quantitative estimate of drug-likeness (QED) is 0.500. The minimum Gasteiger partial charge on any atom is -0.368 e. The van der Waals surface area contributed by atoms with Gasteiger partial charge in [-0.3, -0.25) is 0 Å². The Bertz CT molecular complexity index is 64.6. The summed E-state index contributed by atoms with van der Waals surface area (Å²) >= 11 is 4.64. The number of halogens is 1. The maximum Gasteiger partial charge on any atom is 0.0108 e. The molecule has 0 aliphatic carbocycles. The summed E-state index contributed by atoms with van der Waals surface area (Å²) < 4.78 is 0. The molecule has 0 unspecified atom stereocenters. The van der Waals surface area contributed by atoms with Crippen molar-refractivity contribution in [3.05, 3.63) is 24.5 Å². The van der Waals surface area contributed by atoms with Crippen LogP contribution in [0.15, 0.2) is 24.5 Å². The van der Waals surface area contributed by atoms with Gasteiger partial charge in [0.25, 0.3) is 0 Å². The molecule has 0 saturated carbocycles. The van der Waals surface area contributed by atoms with E-state index in [0.29, 0.717) is 0 Å². The van der Waals surface area contributed by atoms with Crippen molar-refractivity contribution in [2.75, 3.05) is 6.38 Å². The van der Waals surface area contributed by atoms with Crippen molar-refractivity contribution >= 4 is 11.6 Å². The third kappa shape index (κ3) is 3.40. The van der Waals surface area contributed by atoms with Gasteiger partial charge in [0.2, 0.25) is 0 Å². The number of alkyl halides is 1. The van der Waals surface area contributed by atoms with E-state index in [1.54, 1.807) is 0 Å². The molecule has 40 valence electrons. The zero-order valence-corrected chi connectivity index (χ0v) is 4.94. The fourth-order valence-corrected chi connectivity index (χ4v) is 0.278. The summed E-state index contributed by atoms with van der Waals surface area (Å²) in [6.07, 6.45) is 5.22. The van der Waals surface area contributed by atoms with Crippen molar-refractivity contribution < 1.29 is 0 Å². The van der Waals surface area contributed by atoms with Crippen LogP contribution in [0.1, 0.15) is 0 Å². The lowest BCUT2D eigenvalue weighted by molar-refractivity contribution is 1.42. The van der Waals surface area contributed by atoms with Crippen LogP contribution < -0.4 is 0 Å². The largest absolute Gasteiger partial charge is 0.368 e. The lowest BCUT2D eigenvalue weighted by Crippen LogP contribution is -1.38. The topological polar surface area (TPSA) is 15.8 Å². The second kappa shape index (κ2) is 5.57. The SMILES string of the molecule is CCl.c1cc[nH]c1. The molecule has 0 amide bonds. The first-order valence-corrected chi connectivity index (χ1v) is 2.71. The maximum atomic E-state index is 4.64. The molecule has 0 bridgehead atoms. The Kier molecular flexibility index (Phi) is 5.23. The third-order valence-electron chi connectivity index (χ3n) is 0.496. The van der Waals surface area contributed by atoms with Gasteiger partial charge in [0, 0.05) is 18.8 Å². The van der Waals surface area contributed by atoms with Crippen molar-refractivity contribution in [1.82, 2.24) is 4.98 Å². The number of nitrogens with one attached hydrogen (secondary N) is 1. The molecule has 0 aliphatic heterocycles. The zero-order chi connectivity index (χ0) is 5.54. The molecule has 1 rings (SSSR count). The van der Waals surface area contributed by atoms with Crippen molar-refractivity contribution in [3.63, 3.8) is 0 Å². The number of H-pyrrole nitrogens is 1. The maximum absolute atomic E-state index is 4.64. The molecule has 0 spiro atoms. The van der Waals surface area contributed by atoms with Gasteiger partial charge < -0.3 is 4.98 Å². The van der Waals surface area contributed by atoms with E-state index in [2.05, 4.69) is 16.6 Å². The lowest BCUT2D eigenvalue weighted by Gasteiger charge is -1.49. The smallest absolute Gasteiger partial charge is 0.0108 e. The summed E-state index contributed by atoms with van der Waals surface area (Å²) in [5.41, 5.74) is 0. The van der Waals surface area contributed by atoms with Crippen LogP contribution in [-0.4, -0.2) is 11.4 Å². The highest BCUT2D eigenvalue weighted by Gasteiger charge is 1.55. The van der Waals surface area contributed by atoms with E-state index < -0.39 is 0 Å². The molecule has 1 aromatic heterocycles. The molecule has 0 atom stereocenters. The van der Waals surface area contributed by atoms with E-state index in [-0.39, 0.29) is 0 Å². The Hall–Kier alpha value is -0.430. The van der Waals surface area contributed by atoms with Gasteiger partial charge >= 0.3 is 0 Å². The Labute approximate surface area is 48.3 Å². The highest BCUT2D eigenvalue weighted by atomic mass is 35.5. The van der Waals surface area contributed by atoms with E-state index in [9.17, 15) is 0 Å². The van der Waals surface area contributed by atoms with Gasteiger partial charge in [0.05, 0.1) is 0 Å². The minimum atomic E-state index is 1.47. The van der Waals surface area contributed by atoms with Gasteiger partial charge in [0.1, 0.15) is 0 Å². The van der Waals surface area contributed by atoms with Crippen LogP contribution in [0.5, 0.6) is 0 Å². The molecule has 0 aliphatic rings. The molecule has 0 fully saturated rings. The van der Waals surface area contributed by atoms with Gasteiger partial charge in [-0.2, -0.15) is 0 Å². The normalized spacial score (nSPS) is 6.57. The molecule has 0 saturated heterocycles. The molecular weight excluding hydrogens is 110 g/mol. The molecule has 7 heavy (non-hydrogen) atoms. The fraction of sp³-hybridized carbons (Fsp3) is 0.200. The summed E-state index contributed by atoms with van der Waals surface area (Å²) in [6.45, 7) is 0. The van der Waals surface area contributed by atoms with Crippen molar-refractivity contribution in [2.24, 2.45) is 0 Å². The molecule has 1 aromatic rings. The van der Waals surface area contributed by atoms with Gasteiger partial charge in [-0.15, -0.1) is 11.6 Å². The first-order valence-electron chi connectivity index (χ1n) is 1.96. The van der Waals surface area contributed by atoms with Gasteiger partial charge in [-0.05, 0) is 12.1 Å². The number of hydrogen-bond acceptors (Lipinski definition) is 0. The molecule has 1 nitrogen and oxygen atoms in total. The molecular formula is C5H8ClN. The fourth-order valence-electron chi connectivity index (χ4n) is 0.278. The van der Waals surface area contributed by atoms with E-state index >= 15 is 0 Å². The Balaban J connectivity index is 0.000000162. The first-order chi connectivity index (χ1) is 3.50. The number of hydrogen-bond donors (Lipinski definition) is 1. The first kappa shape index (κ1) is 6.57. The number of aromatic nitrogens is 1. The summed E-state index contributed by atoms with van der Waals surface area (Å²) in [4.78, 5) is 2.86. The second-order valence-corrected chi connectivity index (χ2v) is 0.885. The summed E-state index contributed by atoms with van der Waals surface area (Å²) in [7, 11) is 0. The van der Waals surface area contributed by atoms with Crippen LogP contribution in [0.25, 0.3) is 0 Å². The summed E-state index contributed by atoms with van der Waals surface area (Å²) in [5.74, 6) is 0. The Morgan fingerprint density at radius 1 is 1.14 bits per heavy atom. The predicted octanol–water partition coefficient (Wildman–Crippen LogP) is 1.87. The van der Waals surface area contributed by atoms with E-state index in [0.717, 1.165) is 0 Å². The summed E-state index contributed by atoms with van der Waals surface area (Å²) in [6, 6.07) is 3.89. The van der Waals surface area contributed by atoms with Crippen LogP contribution >= 0.6 is 11.6 Å². The van der Waals surface area contributed by atoms with Crippen LogP contribution in [0, 0.1) is 0 Å². The van der Waals surface area contributed by atoms with Crippen molar-refractivity contribution in [2.45, 2.75) is 0 Å².